The number of hydrogen-bond acceptors (Lipinski definition) is 3. The molecule has 100 valence electrons. The monoisotopic (exact) mass is 268 g/mol. The molecule has 1 atom stereocenters. The summed E-state index contributed by atoms with van der Waals surface area (Å²) in [6.45, 7) is 7.64. The van der Waals surface area contributed by atoms with Crippen molar-refractivity contribution in [2.24, 2.45) is 0 Å². The van der Waals surface area contributed by atoms with Crippen LogP contribution in [-0.4, -0.2) is 21.9 Å². The molecule has 0 spiro atoms. The van der Waals surface area contributed by atoms with Crippen molar-refractivity contribution in [1.29, 1.82) is 5.26 Å². The van der Waals surface area contributed by atoms with E-state index in [1.54, 1.807) is 6.20 Å². The minimum atomic E-state index is -0.403. The first-order valence-corrected chi connectivity index (χ1v) is 6.80. The van der Waals surface area contributed by atoms with Gasteiger partial charge >= 0.3 is 0 Å². The highest BCUT2D eigenvalue weighted by Crippen LogP contribution is 2.19. The van der Waals surface area contributed by atoms with E-state index in [4.69, 9.17) is 11.6 Å². The molecule has 5 heteroatoms. The molecule has 1 aromatic heterocycles. The Bertz CT molecular complexity index is 421. The van der Waals surface area contributed by atoms with Gasteiger partial charge in [0.15, 0.2) is 0 Å². The van der Waals surface area contributed by atoms with Crippen LogP contribution in [-0.2, 0) is 6.54 Å². The van der Waals surface area contributed by atoms with Crippen molar-refractivity contribution >= 4 is 11.6 Å². The summed E-state index contributed by atoms with van der Waals surface area (Å²) in [6, 6.07) is 2.41. The van der Waals surface area contributed by atoms with Crippen LogP contribution in [0.5, 0.6) is 0 Å². The van der Waals surface area contributed by atoms with E-state index in [9.17, 15) is 5.26 Å². The predicted octanol–water partition coefficient (Wildman–Crippen LogP) is 2.91. The summed E-state index contributed by atoms with van der Waals surface area (Å²) in [5, 5.41) is 17.5. The van der Waals surface area contributed by atoms with E-state index >= 15 is 0 Å². The first kappa shape index (κ1) is 15.0. The number of nitrogens with one attached hydrogen (secondary N) is 1. The van der Waals surface area contributed by atoms with E-state index in [0.29, 0.717) is 5.02 Å². The van der Waals surface area contributed by atoms with Crippen molar-refractivity contribution in [2.45, 2.75) is 52.1 Å². The van der Waals surface area contributed by atoms with E-state index in [2.05, 4.69) is 16.5 Å². The van der Waals surface area contributed by atoms with Gasteiger partial charge in [-0.25, -0.2) is 0 Å². The molecule has 0 aliphatic carbocycles. The van der Waals surface area contributed by atoms with E-state index in [1.807, 2.05) is 25.5 Å². The maximum Gasteiger partial charge on any atom is 0.106 e. The highest BCUT2D eigenvalue weighted by Gasteiger charge is 2.25. The van der Waals surface area contributed by atoms with Crippen LogP contribution in [0.15, 0.2) is 6.20 Å². The summed E-state index contributed by atoms with van der Waals surface area (Å²) in [5.74, 6) is 0. The first-order chi connectivity index (χ1) is 8.58. The fourth-order valence-electron chi connectivity index (χ4n) is 2.08. The Kier molecular flexibility index (Phi) is 5.64. The smallest absolute Gasteiger partial charge is 0.106 e. The second kappa shape index (κ2) is 6.77. The molecule has 4 nitrogen and oxygen atoms in total. The third-order valence-electron chi connectivity index (χ3n) is 3.35. The average molecular weight is 269 g/mol. The molecule has 1 aromatic rings. The first-order valence-electron chi connectivity index (χ1n) is 6.42. The molecule has 1 rings (SSSR count). The molecule has 0 saturated heterocycles. The lowest BCUT2D eigenvalue weighted by molar-refractivity contribution is 0.357. The summed E-state index contributed by atoms with van der Waals surface area (Å²) in [4.78, 5) is 0. The van der Waals surface area contributed by atoms with Gasteiger partial charge in [-0.05, 0) is 32.7 Å². The molecule has 0 aromatic carbocycles. The molecule has 1 unspecified atom stereocenters. The van der Waals surface area contributed by atoms with Crippen LogP contribution in [0.4, 0.5) is 0 Å². The Morgan fingerprint density at radius 1 is 1.56 bits per heavy atom. The van der Waals surface area contributed by atoms with Crippen molar-refractivity contribution in [1.82, 2.24) is 15.1 Å². The van der Waals surface area contributed by atoms with E-state index in [-0.39, 0.29) is 0 Å². The topological polar surface area (TPSA) is 53.6 Å². The minimum absolute atomic E-state index is 0.403. The number of nitriles is 1. The number of nitrogens with zero attached hydrogens (tertiary/aromatic N) is 3. The van der Waals surface area contributed by atoms with Crippen LogP contribution in [0, 0.1) is 18.3 Å². The maximum atomic E-state index is 9.31. The summed E-state index contributed by atoms with van der Waals surface area (Å²) in [6.07, 6.45) is 4.22. The molecule has 0 radical (unpaired) electrons. The highest BCUT2D eigenvalue weighted by atomic mass is 35.5. The zero-order chi connectivity index (χ0) is 13.6. The van der Waals surface area contributed by atoms with Crippen molar-refractivity contribution < 1.29 is 0 Å². The van der Waals surface area contributed by atoms with Crippen LogP contribution in [0.1, 0.15) is 38.8 Å². The van der Waals surface area contributed by atoms with Gasteiger partial charge in [0.25, 0.3) is 0 Å². The Morgan fingerprint density at radius 2 is 2.28 bits per heavy atom. The number of aryl methyl sites for hydroxylation is 1. The quantitative estimate of drug-likeness (QED) is 0.827. The number of rotatable bonds is 7. The van der Waals surface area contributed by atoms with Gasteiger partial charge in [0, 0.05) is 6.54 Å². The molecule has 18 heavy (non-hydrogen) atoms. The van der Waals surface area contributed by atoms with E-state index < -0.39 is 5.54 Å². The number of halogens is 1. The minimum Gasteiger partial charge on any atom is -0.300 e. The molecular formula is C13H21ClN4. The Labute approximate surface area is 114 Å². The molecule has 0 bridgehead atoms. The molecule has 0 aliphatic heterocycles. The molecule has 1 heterocycles. The molecule has 0 amide bonds. The van der Waals surface area contributed by atoms with Gasteiger partial charge in [0.2, 0.25) is 0 Å². The second-order valence-corrected chi connectivity index (χ2v) is 4.89. The average Bonchev–Trinajstić information content (AvgIpc) is 2.69. The van der Waals surface area contributed by atoms with Crippen LogP contribution >= 0.6 is 11.6 Å². The van der Waals surface area contributed by atoms with Crippen molar-refractivity contribution in [3.05, 3.63) is 16.9 Å². The zero-order valence-electron chi connectivity index (χ0n) is 11.3. The standard InChI is InChI=1S/C13H21ClN4/c1-4-13(10-15,16-5-2)7-6-8-18-11(3)12(14)9-17-18/h9,16H,4-8H2,1-3H3. The van der Waals surface area contributed by atoms with E-state index in [1.165, 1.54) is 0 Å². The maximum absolute atomic E-state index is 9.31. The molecule has 0 saturated carbocycles. The third kappa shape index (κ3) is 3.47. The van der Waals surface area contributed by atoms with Gasteiger partial charge in [-0.15, -0.1) is 0 Å². The van der Waals surface area contributed by atoms with Gasteiger partial charge in [-0.3, -0.25) is 10.00 Å². The Balaban J connectivity index is 2.54. The molecular weight excluding hydrogens is 248 g/mol. The summed E-state index contributed by atoms with van der Waals surface area (Å²) >= 11 is 5.95. The van der Waals surface area contributed by atoms with Crippen molar-refractivity contribution in [3.8, 4) is 6.07 Å². The molecule has 1 N–H and O–H groups in total. The summed E-state index contributed by atoms with van der Waals surface area (Å²) in [7, 11) is 0. The van der Waals surface area contributed by atoms with Gasteiger partial charge in [-0.1, -0.05) is 25.4 Å². The lowest BCUT2D eigenvalue weighted by Gasteiger charge is -2.26. The van der Waals surface area contributed by atoms with Crippen molar-refractivity contribution in [2.75, 3.05) is 6.54 Å². The number of hydrogen-bond donors (Lipinski definition) is 1. The highest BCUT2D eigenvalue weighted by molar-refractivity contribution is 6.31. The van der Waals surface area contributed by atoms with Crippen LogP contribution < -0.4 is 5.32 Å². The normalized spacial score (nSPS) is 14.2. The van der Waals surface area contributed by atoms with Crippen LogP contribution in [0.3, 0.4) is 0 Å². The number of aromatic nitrogens is 2. The van der Waals surface area contributed by atoms with Crippen molar-refractivity contribution in [3.63, 3.8) is 0 Å². The second-order valence-electron chi connectivity index (χ2n) is 4.48. The molecule has 0 aliphatic rings. The third-order valence-corrected chi connectivity index (χ3v) is 3.72. The van der Waals surface area contributed by atoms with Gasteiger partial charge < -0.3 is 0 Å². The summed E-state index contributed by atoms with van der Waals surface area (Å²) < 4.78 is 1.89. The fraction of sp³-hybridized carbons (Fsp3) is 0.692. The Morgan fingerprint density at radius 3 is 2.72 bits per heavy atom. The van der Waals surface area contributed by atoms with E-state index in [0.717, 1.165) is 38.0 Å². The lowest BCUT2D eigenvalue weighted by atomic mass is 9.92. The largest absolute Gasteiger partial charge is 0.300 e. The van der Waals surface area contributed by atoms with Gasteiger partial charge in [0.05, 0.1) is 23.0 Å². The SMILES string of the molecule is CCNC(C#N)(CC)CCCn1ncc(Cl)c1C. The Hall–Kier alpha value is -1.05. The molecule has 0 fully saturated rings. The van der Waals surface area contributed by atoms with Crippen LogP contribution in [0.2, 0.25) is 5.02 Å². The van der Waals surface area contributed by atoms with Gasteiger partial charge in [0.1, 0.15) is 5.54 Å². The van der Waals surface area contributed by atoms with Gasteiger partial charge in [-0.2, -0.15) is 10.4 Å². The lowest BCUT2D eigenvalue weighted by Crippen LogP contribution is -2.43. The fourth-order valence-corrected chi connectivity index (χ4v) is 2.22. The zero-order valence-corrected chi connectivity index (χ0v) is 12.1. The predicted molar refractivity (Wildman–Crippen MR) is 73.5 cm³/mol. The van der Waals surface area contributed by atoms with Crippen LogP contribution in [0.25, 0.3) is 0 Å². The summed E-state index contributed by atoms with van der Waals surface area (Å²) in [5.41, 5.74) is 0.582.